The smallest absolute Gasteiger partial charge is 0.261 e. The van der Waals surface area contributed by atoms with E-state index in [-0.39, 0.29) is 23.8 Å². The summed E-state index contributed by atoms with van der Waals surface area (Å²) in [5.41, 5.74) is 4.66. The predicted molar refractivity (Wildman–Crippen MR) is 121 cm³/mol. The normalized spacial score (nSPS) is 18.8. The quantitative estimate of drug-likeness (QED) is 0.731. The van der Waals surface area contributed by atoms with Crippen molar-refractivity contribution in [3.63, 3.8) is 0 Å². The molecule has 164 valence electrons. The molecule has 0 bridgehead atoms. The van der Waals surface area contributed by atoms with Crippen molar-refractivity contribution < 1.29 is 14.3 Å². The first kappa shape index (κ1) is 21.4. The van der Waals surface area contributed by atoms with Crippen LogP contribution in [0.1, 0.15) is 61.4 Å². The van der Waals surface area contributed by atoms with Gasteiger partial charge in [0.15, 0.2) is 6.10 Å². The molecule has 2 amide bonds. The molecule has 0 saturated heterocycles. The highest BCUT2D eigenvalue weighted by Gasteiger charge is 2.39. The molecule has 1 fully saturated rings. The Kier molecular flexibility index (Phi) is 6.30. The van der Waals surface area contributed by atoms with Crippen LogP contribution in [-0.4, -0.2) is 35.9 Å². The average Bonchev–Trinajstić information content (AvgIpc) is 3.62. The lowest BCUT2D eigenvalue weighted by atomic mass is 9.87. The van der Waals surface area contributed by atoms with Gasteiger partial charge in [0.25, 0.3) is 5.91 Å². The summed E-state index contributed by atoms with van der Waals surface area (Å²) in [6, 6.07) is 14.4. The lowest BCUT2D eigenvalue weighted by Crippen LogP contribution is -2.41. The fraction of sp³-hybridized carbons (Fsp3) is 0.462. The van der Waals surface area contributed by atoms with Gasteiger partial charge >= 0.3 is 0 Å². The van der Waals surface area contributed by atoms with E-state index >= 15 is 0 Å². The fourth-order valence-corrected chi connectivity index (χ4v) is 4.35. The third-order valence-electron chi connectivity index (χ3n) is 6.24. The van der Waals surface area contributed by atoms with Crippen LogP contribution in [0.2, 0.25) is 0 Å². The molecule has 31 heavy (non-hydrogen) atoms. The van der Waals surface area contributed by atoms with Crippen LogP contribution in [0, 0.1) is 12.8 Å². The Hall–Kier alpha value is -2.82. The topological polar surface area (TPSA) is 58.6 Å². The maximum Gasteiger partial charge on any atom is 0.261 e. The van der Waals surface area contributed by atoms with Crippen molar-refractivity contribution in [1.82, 2.24) is 10.2 Å². The monoisotopic (exact) mass is 420 g/mol. The van der Waals surface area contributed by atoms with Gasteiger partial charge < -0.3 is 15.0 Å². The second-order valence-electron chi connectivity index (χ2n) is 8.64. The largest absolute Gasteiger partial charge is 0.481 e. The van der Waals surface area contributed by atoms with Gasteiger partial charge in [0, 0.05) is 19.0 Å². The van der Waals surface area contributed by atoms with Gasteiger partial charge in [-0.05, 0) is 68.4 Å². The number of rotatable bonds is 7. The van der Waals surface area contributed by atoms with E-state index in [4.69, 9.17) is 4.74 Å². The van der Waals surface area contributed by atoms with E-state index in [1.807, 2.05) is 26.0 Å². The minimum Gasteiger partial charge on any atom is -0.481 e. The SMILES string of the molecule is CCNC(=O)[C@H](CC)Oc1ccc2c(c1)[C@@H](c1ccc(C)cc1)N(C(=O)C1CC1)CC2. The third-order valence-corrected chi connectivity index (χ3v) is 6.24. The summed E-state index contributed by atoms with van der Waals surface area (Å²) >= 11 is 0. The summed E-state index contributed by atoms with van der Waals surface area (Å²) in [4.78, 5) is 27.5. The molecule has 1 heterocycles. The van der Waals surface area contributed by atoms with Gasteiger partial charge in [-0.15, -0.1) is 0 Å². The number of likely N-dealkylation sites (N-methyl/N-ethyl adjacent to an activating group) is 1. The van der Waals surface area contributed by atoms with E-state index in [9.17, 15) is 9.59 Å². The molecule has 2 atom stereocenters. The first-order chi connectivity index (χ1) is 15.0. The maximum atomic E-state index is 13.1. The van der Waals surface area contributed by atoms with Crippen molar-refractivity contribution in [2.24, 2.45) is 5.92 Å². The van der Waals surface area contributed by atoms with Crippen LogP contribution >= 0.6 is 0 Å². The van der Waals surface area contributed by atoms with Gasteiger partial charge in [-0.2, -0.15) is 0 Å². The molecular weight excluding hydrogens is 388 g/mol. The Morgan fingerprint density at radius 2 is 1.87 bits per heavy atom. The first-order valence-electron chi connectivity index (χ1n) is 11.5. The van der Waals surface area contributed by atoms with Gasteiger partial charge in [0.1, 0.15) is 5.75 Å². The Morgan fingerprint density at radius 3 is 2.52 bits per heavy atom. The number of nitrogens with zero attached hydrogens (tertiary/aromatic N) is 1. The minimum absolute atomic E-state index is 0.0941. The van der Waals surface area contributed by atoms with Crippen molar-refractivity contribution in [1.29, 1.82) is 0 Å². The molecule has 0 aromatic heterocycles. The highest BCUT2D eigenvalue weighted by atomic mass is 16.5. The summed E-state index contributed by atoms with van der Waals surface area (Å²) in [5, 5.41) is 2.84. The molecule has 1 N–H and O–H groups in total. The second-order valence-corrected chi connectivity index (χ2v) is 8.64. The van der Waals surface area contributed by atoms with Crippen LogP contribution in [0.5, 0.6) is 5.75 Å². The van der Waals surface area contributed by atoms with Crippen molar-refractivity contribution in [3.8, 4) is 5.75 Å². The second kappa shape index (κ2) is 9.13. The lowest BCUT2D eigenvalue weighted by molar-refractivity contribution is -0.134. The van der Waals surface area contributed by atoms with Crippen LogP contribution in [0.3, 0.4) is 0 Å². The van der Waals surface area contributed by atoms with Gasteiger partial charge in [-0.1, -0.05) is 42.8 Å². The van der Waals surface area contributed by atoms with Crippen LogP contribution in [0.25, 0.3) is 0 Å². The first-order valence-corrected chi connectivity index (χ1v) is 11.5. The predicted octanol–water partition coefficient (Wildman–Crippen LogP) is 4.17. The zero-order valence-corrected chi connectivity index (χ0v) is 18.7. The Labute approximate surface area is 184 Å². The van der Waals surface area contributed by atoms with Crippen molar-refractivity contribution in [3.05, 3.63) is 64.7 Å². The zero-order chi connectivity index (χ0) is 22.0. The molecule has 2 aliphatic rings. The molecule has 0 spiro atoms. The number of nitrogens with one attached hydrogen (secondary N) is 1. The minimum atomic E-state index is -0.524. The van der Waals surface area contributed by atoms with Crippen LogP contribution in [0.4, 0.5) is 0 Å². The molecule has 1 saturated carbocycles. The summed E-state index contributed by atoms with van der Waals surface area (Å²) in [6.07, 6.45) is 2.90. The fourth-order valence-electron chi connectivity index (χ4n) is 4.35. The van der Waals surface area contributed by atoms with E-state index < -0.39 is 6.10 Å². The molecular formula is C26H32N2O3. The molecule has 0 radical (unpaired) electrons. The number of aryl methyl sites for hydroxylation is 1. The number of benzene rings is 2. The summed E-state index contributed by atoms with van der Waals surface area (Å²) in [6.45, 7) is 7.24. The number of amides is 2. The highest BCUT2D eigenvalue weighted by molar-refractivity contribution is 5.82. The third kappa shape index (κ3) is 4.60. The summed E-state index contributed by atoms with van der Waals surface area (Å²) < 4.78 is 6.09. The Morgan fingerprint density at radius 1 is 1.13 bits per heavy atom. The van der Waals surface area contributed by atoms with E-state index in [0.717, 1.165) is 36.9 Å². The number of carbonyl (C=O) groups excluding carboxylic acids is 2. The van der Waals surface area contributed by atoms with Crippen LogP contribution in [0.15, 0.2) is 42.5 Å². The molecule has 5 nitrogen and oxygen atoms in total. The Bertz CT molecular complexity index is 950. The van der Waals surface area contributed by atoms with Gasteiger partial charge in [-0.25, -0.2) is 0 Å². The molecule has 5 heteroatoms. The van der Waals surface area contributed by atoms with Crippen molar-refractivity contribution in [2.45, 2.75) is 58.6 Å². The average molecular weight is 421 g/mol. The number of fused-ring (bicyclic) bond motifs is 1. The lowest BCUT2D eigenvalue weighted by Gasteiger charge is -2.38. The number of ether oxygens (including phenoxy) is 1. The van der Waals surface area contributed by atoms with Gasteiger partial charge in [-0.3, -0.25) is 9.59 Å². The van der Waals surface area contributed by atoms with Crippen LogP contribution in [-0.2, 0) is 16.0 Å². The number of hydrogen-bond acceptors (Lipinski definition) is 3. The number of hydrogen-bond donors (Lipinski definition) is 1. The van der Waals surface area contributed by atoms with E-state index in [0.29, 0.717) is 18.7 Å². The van der Waals surface area contributed by atoms with E-state index in [2.05, 4.69) is 47.5 Å². The van der Waals surface area contributed by atoms with E-state index in [1.54, 1.807) is 0 Å². The van der Waals surface area contributed by atoms with Gasteiger partial charge in [0.05, 0.1) is 6.04 Å². The molecule has 4 rings (SSSR count). The van der Waals surface area contributed by atoms with E-state index in [1.165, 1.54) is 11.1 Å². The Balaban J connectivity index is 1.69. The molecule has 0 unspecified atom stereocenters. The van der Waals surface area contributed by atoms with Crippen LogP contribution < -0.4 is 10.1 Å². The standard InChI is InChI=1S/C26H32N2O3/c1-4-23(25(29)27-5-2)31-21-13-12-18-14-15-28(26(30)20-10-11-20)24(22(18)16-21)19-8-6-17(3)7-9-19/h6-9,12-13,16,20,23-24H,4-5,10-11,14-15H2,1-3H3,(H,27,29)/t23-,24+/m0/s1. The summed E-state index contributed by atoms with van der Waals surface area (Å²) in [5.74, 6) is 1.02. The molecule has 1 aliphatic carbocycles. The molecule has 2 aromatic rings. The number of carbonyl (C=O) groups is 2. The zero-order valence-electron chi connectivity index (χ0n) is 18.7. The molecule has 1 aliphatic heterocycles. The molecule has 2 aromatic carbocycles. The highest BCUT2D eigenvalue weighted by Crippen LogP contribution is 2.41. The van der Waals surface area contributed by atoms with Crippen molar-refractivity contribution >= 4 is 11.8 Å². The summed E-state index contributed by atoms with van der Waals surface area (Å²) in [7, 11) is 0. The van der Waals surface area contributed by atoms with Crippen molar-refractivity contribution in [2.75, 3.05) is 13.1 Å². The van der Waals surface area contributed by atoms with Gasteiger partial charge in [0.2, 0.25) is 5.91 Å². The maximum absolute atomic E-state index is 13.1.